The fourth-order valence-corrected chi connectivity index (χ4v) is 2.36. The van der Waals surface area contributed by atoms with Crippen LogP contribution in [0.25, 0.3) is 0 Å². The summed E-state index contributed by atoms with van der Waals surface area (Å²) in [6, 6.07) is 9.44. The van der Waals surface area contributed by atoms with E-state index < -0.39 is 0 Å². The van der Waals surface area contributed by atoms with Crippen molar-refractivity contribution in [3.63, 3.8) is 0 Å². The van der Waals surface area contributed by atoms with E-state index in [-0.39, 0.29) is 0 Å². The number of carbonyl (C=O) groups is 1. The lowest BCUT2D eigenvalue weighted by Gasteiger charge is -2.12. The number of benzene rings is 2. The van der Waals surface area contributed by atoms with Crippen molar-refractivity contribution in [2.75, 3.05) is 0 Å². The molecular formula is C17H17ClO2. The highest BCUT2D eigenvalue weighted by molar-refractivity contribution is 6.30. The summed E-state index contributed by atoms with van der Waals surface area (Å²) in [5, 5.41) is 0.699. The maximum atomic E-state index is 11.0. The third kappa shape index (κ3) is 3.20. The smallest absolute Gasteiger partial charge is 0.150 e. The summed E-state index contributed by atoms with van der Waals surface area (Å²) in [5.74, 6) is 0.807. The van der Waals surface area contributed by atoms with Crippen LogP contribution in [0.4, 0.5) is 0 Å². The first kappa shape index (κ1) is 14.6. The van der Waals surface area contributed by atoms with Crippen LogP contribution < -0.4 is 4.74 Å². The Morgan fingerprint density at radius 3 is 2.45 bits per heavy atom. The molecule has 0 aromatic heterocycles. The third-order valence-electron chi connectivity index (χ3n) is 3.37. The summed E-state index contributed by atoms with van der Waals surface area (Å²) < 4.78 is 5.82. The van der Waals surface area contributed by atoms with Crippen molar-refractivity contribution < 1.29 is 9.53 Å². The molecular weight excluding hydrogens is 272 g/mol. The van der Waals surface area contributed by atoms with Crippen molar-refractivity contribution in [2.45, 2.75) is 27.4 Å². The predicted molar refractivity (Wildman–Crippen MR) is 81.8 cm³/mol. The Labute approximate surface area is 124 Å². The number of hydrogen-bond acceptors (Lipinski definition) is 2. The van der Waals surface area contributed by atoms with Gasteiger partial charge in [0.25, 0.3) is 0 Å². The average molecular weight is 289 g/mol. The molecule has 0 aliphatic carbocycles. The zero-order valence-electron chi connectivity index (χ0n) is 11.9. The standard InChI is InChI=1S/C17H17ClO2/c1-11-6-12(2)15(8-14(11)9-19)10-20-17-5-4-16(18)7-13(17)3/h4-9H,10H2,1-3H3. The van der Waals surface area contributed by atoms with Crippen LogP contribution in [-0.2, 0) is 6.61 Å². The molecule has 2 rings (SSSR count). The maximum absolute atomic E-state index is 11.0. The second-order valence-electron chi connectivity index (χ2n) is 4.95. The Bertz CT molecular complexity index is 648. The molecule has 3 heteroatoms. The molecule has 0 aliphatic heterocycles. The number of halogens is 1. The Morgan fingerprint density at radius 2 is 1.80 bits per heavy atom. The average Bonchev–Trinajstić information content (AvgIpc) is 2.39. The monoisotopic (exact) mass is 288 g/mol. The minimum Gasteiger partial charge on any atom is -0.489 e. The largest absolute Gasteiger partial charge is 0.489 e. The molecule has 104 valence electrons. The maximum Gasteiger partial charge on any atom is 0.150 e. The molecule has 0 heterocycles. The Kier molecular flexibility index (Phi) is 4.46. The van der Waals surface area contributed by atoms with Gasteiger partial charge in [0.1, 0.15) is 18.6 Å². The van der Waals surface area contributed by atoms with Crippen molar-refractivity contribution in [2.24, 2.45) is 0 Å². The molecule has 0 fully saturated rings. The zero-order valence-corrected chi connectivity index (χ0v) is 12.6. The van der Waals surface area contributed by atoms with E-state index in [9.17, 15) is 4.79 Å². The van der Waals surface area contributed by atoms with Crippen LogP contribution in [0.5, 0.6) is 5.75 Å². The number of carbonyl (C=O) groups excluding carboxylic acids is 1. The SMILES string of the molecule is Cc1cc(C)c(COc2ccc(Cl)cc2C)cc1C=O. The topological polar surface area (TPSA) is 26.3 Å². The van der Waals surface area contributed by atoms with Gasteiger partial charge in [0.2, 0.25) is 0 Å². The molecule has 0 radical (unpaired) electrons. The van der Waals surface area contributed by atoms with Gasteiger partial charge >= 0.3 is 0 Å². The zero-order chi connectivity index (χ0) is 14.7. The van der Waals surface area contributed by atoms with E-state index in [0.717, 1.165) is 34.3 Å². The molecule has 0 atom stereocenters. The number of aldehydes is 1. The van der Waals surface area contributed by atoms with E-state index in [2.05, 4.69) is 0 Å². The molecule has 0 unspecified atom stereocenters. The first-order valence-corrected chi connectivity index (χ1v) is 6.83. The van der Waals surface area contributed by atoms with E-state index in [4.69, 9.17) is 16.3 Å². The molecule has 20 heavy (non-hydrogen) atoms. The van der Waals surface area contributed by atoms with Gasteiger partial charge in [0.05, 0.1) is 0 Å². The van der Waals surface area contributed by atoms with E-state index in [1.807, 2.05) is 51.1 Å². The summed E-state index contributed by atoms with van der Waals surface area (Å²) in [5.41, 5.74) is 4.84. The molecule has 2 nitrogen and oxygen atoms in total. The second kappa shape index (κ2) is 6.10. The predicted octanol–water partition coefficient (Wildman–Crippen LogP) is 4.66. The fraction of sp³-hybridized carbons (Fsp3) is 0.235. The number of ether oxygens (including phenoxy) is 1. The van der Waals surface area contributed by atoms with Gasteiger partial charge in [0.15, 0.2) is 0 Å². The van der Waals surface area contributed by atoms with E-state index in [1.54, 1.807) is 0 Å². The molecule has 0 N–H and O–H groups in total. The van der Waals surface area contributed by atoms with Gasteiger partial charge in [-0.3, -0.25) is 4.79 Å². The molecule has 2 aromatic rings. The summed E-state index contributed by atoms with van der Waals surface area (Å²) in [7, 11) is 0. The van der Waals surface area contributed by atoms with Crippen LogP contribution in [-0.4, -0.2) is 6.29 Å². The van der Waals surface area contributed by atoms with E-state index in [1.165, 1.54) is 0 Å². The van der Waals surface area contributed by atoms with Crippen LogP contribution in [0, 0.1) is 20.8 Å². The van der Waals surface area contributed by atoms with Crippen LogP contribution in [0.3, 0.4) is 0 Å². The van der Waals surface area contributed by atoms with Crippen molar-refractivity contribution in [3.05, 3.63) is 63.2 Å². The normalized spacial score (nSPS) is 10.4. The van der Waals surface area contributed by atoms with Gasteiger partial charge in [0, 0.05) is 10.6 Å². The van der Waals surface area contributed by atoms with E-state index >= 15 is 0 Å². The van der Waals surface area contributed by atoms with Crippen molar-refractivity contribution >= 4 is 17.9 Å². The lowest BCUT2D eigenvalue weighted by atomic mass is 10.0. The van der Waals surface area contributed by atoms with E-state index in [0.29, 0.717) is 17.2 Å². The number of hydrogen-bond donors (Lipinski definition) is 0. The van der Waals surface area contributed by atoms with Gasteiger partial charge in [-0.1, -0.05) is 17.7 Å². The minimum atomic E-state index is 0.440. The molecule has 0 amide bonds. The Hall–Kier alpha value is -1.80. The summed E-state index contributed by atoms with van der Waals surface area (Å²) in [6.45, 7) is 6.36. The fourth-order valence-electron chi connectivity index (χ4n) is 2.13. The van der Waals surface area contributed by atoms with Gasteiger partial charge in [-0.05, 0) is 67.3 Å². The second-order valence-corrected chi connectivity index (χ2v) is 5.39. The molecule has 0 saturated carbocycles. The molecule has 2 aromatic carbocycles. The van der Waals surface area contributed by atoms with Gasteiger partial charge < -0.3 is 4.74 Å². The third-order valence-corrected chi connectivity index (χ3v) is 3.61. The lowest BCUT2D eigenvalue weighted by Crippen LogP contribution is -2.01. The number of aryl methyl sites for hydroxylation is 3. The van der Waals surface area contributed by atoms with Crippen LogP contribution in [0.15, 0.2) is 30.3 Å². The Balaban J connectivity index is 2.20. The first-order chi connectivity index (χ1) is 9.51. The highest BCUT2D eigenvalue weighted by Crippen LogP contribution is 2.24. The van der Waals surface area contributed by atoms with Crippen molar-refractivity contribution in [1.82, 2.24) is 0 Å². The van der Waals surface area contributed by atoms with Crippen molar-refractivity contribution in [3.8, 4) is 5.75 Å². The van der Waals surface area contributed by atoms with Gasteiger partial charge in [-0.15, -0.1) is 0 Å². The van der Waals surface area contributed by atoms with Gasteiger partial charge in [-0.25, -0.2) is 0 Å². The quantitative estimate of drug-likeness (QED) is 0.765. The van der Waals surface area contributed by atoms with Gasteiger partial charge in [-0.2, -0.15) is 0 Å². The lowest BCUT2D eigenvalue weighted by molar-refractivity contribution is 0.112. The van der Waals surface area contributed by atoms with Crippen LogP contribution >= 0.6 is 11.6 Å². The molecule has 0 bridgehead atoms. The summed E-state index contributed by atoms with van der Waals surface area (Å²) >= 11 is 5.92. The summed E-state index contributed by atoms with van der Waals surface area (Å²) in [6.07, 6.45) is 0.881. The first-order valence-electron chi connectivity index (χ1n) is 6.45. The molecule has 0 spiro atoms. The number of rotatable bonds is 4. The minimum absolute atomic E-state index is 0.440. The van der Waals surface area contributed by atoms with Crippen LogP contribution in [0.1, 0.15) is 32.6 Å². The van der Waals surface area contributed by atoms with Crippen LogP contribution in [0.2, 0.25) is 5.02 Å². The molecule has 0 saturated heterocycles. The highest BCUT2D eigenvalue weighted by atomic mass is 35.5. The Morgan fingerprint density at radius 1 is 1.05 bits per heavy atom. The molecule has 0 aliphatic rings. The van der Waals surface area contributed by atoms with Crippen molar-refractivity contribution in [1.29, 1.82) is 0 Å². The summed E-state index contributed by atoms with van der Waals surface area (Å²) in [4.78, 5) is 11.0. The highest BCUT2D eigenvalue weighted by Gasteiger charge is 2.06.